The van der Waals surface area contributed by atoms with E-state index in [1.54, 1.807) is 6.92 Å². The lowest BCUT2D eigenvalue weighted by Gasteiger charge is -2.14. The van der Waals surface area contributed by atoms with Gasteiger partial charge in [-0.2, -0.15) is 5.10 Å². The molecule has 31 heavy (non-hydrogen) atoms. The molecule has 4 aromatic rings. The van der Waals surface area contributed by atoms with E-state index in [0.29, 0.717) is 12.6 Å². The zero-order chi connectivity index (χ0) is 21.6. The molecule has 160 valence electrons. The van der Waals surface area contributed by atoms with E-state index in [9.17, 15) is 4.79 Å². The highest BCUT2D eigenvalue weighted by atomic mass is 16.4. The molecule has 0 atom stereocenters. The summed E-state index contributed by atoms with van der Waals surface area (Å²) in [7, 11) is 0. The van der Waals surface area contributed by atoms with E-state index in [1.165, 1.54) is 59.0 Å². The number of hydrogen-bond donors (Lipinski definition) is 3. The van der Waals surface area contributed by atoms with Crippen molar-refractivity contribution in [2.75, 3.05) is 6.54 Å². The van der Waals surface area contributed by atoms with E-state index in [1.807, 2.05) is 12.4 Å². The van der Waals surface area contributed by atoms with Crippen LogP contribution in [0.5, 0.6) is 0 Å². The van der Waals surface area contributed by atoms with Gasteiger partial charge in [0.2, 0.25) is 0 Å². The number of H-pyrrole nitrogens is 1. The van der Waals surface area contributed by atoms with Crippen molar-refractivity contribution in [1.29, 1.82) is 0 Å². The summed E-state index contributed by atoms with van der Waals surface area (Å²) in [6.45, 7) is 2.21. The first-order valence-electron chi connectivity index (χ1n) is 10.8. The number of carboxylic acid groups (broad SMARTS) is 1. The monoisotopic (exact) mass is 416 g/mol. The Morgan fingerprint density at radius 2 is 1.77 bits per heavy atom. The summed E-state index contributed by atoms with van der Waals surface area (Å²) in [4.78, 5) is 12.8. The molecule has 1 aliphatic carbocycles. The molecule has 0 radical (unpaired) electrons. The summed E-state index contributed by atoms with van der Waals surface area (Å²) in [6.07, 6.45) is 8.11. The van der Waals surface area contributed by atoms with Gasteiger partial charge in [-0.25, -0.2) is 4.79 Å². The normalized spacial score (nSPS) is 13.7. The van der Waals surface area contributed by atoms with Crippen LogP contribution >= 0.6 is 0 Å². The van der Waals surface area contributed by atoms with Crippen molar-refractivity contribution in [3.05, 3.63) is 67.0 Å². The average molecular weight is 417 g/mol. The number of carbonyl (C=O) groups is 1. The van der Waals surface area contributed by atoms with Crippen molar-refractivity contribution < 1.29 is 9.90 Å². The summed E-state index contributed by atoms with van der Waals surface area (Å²) in [5.74, 6) is 0. The molecule has 3 N–H and O–H groups in total. The van der Waals surface area contributed by atoms with Gasteiger partial charge in [-0.3, -0.25) is 4.68 Å². The second-order valence-electron chi connectivity index (χ2n) is 7.79. The second kappa shape index (κ2) is 9.51. The molecule has 6 heteroatoms. The van der Waals surface area contributed by atoms with E-state index in [0.717, 1.165) is 0 Å². The number of benzene rings is 2. The third kappa shape index (κ3) is 4.79. The minimum absolute atomic E-state index is 0.481. The standard InChI is InChI=1S/C22H21N3.C3H7NO2/c1-2-4-20(3-1)25-22(12-14-24-25)18-8-5-16(6-9-18)19-10-7-17-11-13-23-21(17)15-19;1-2-4-3(5)6/h5-15,20,23H,1-4H2;4H,2H2,1H3,(H,5,6). The molecule has 0 bridgehead atoms. The maximum absolute atomic E-state index is 9.49. The minimum atomic E-state index is -0.961. The Morgan fingerprint density at radius 3 is 2.45 bits per heavy atom. The number of nitrogens with zero attached hydrogens (tertiary/aromatic N) is 2. The Balaban J connectivity index is 0.000000342. The van der Waals surface area contributed by atoms with Gasteiger partial charge in [0.25, 0.3) is 0 Å². The smallest absolute Gasteiger partial charge is 0.404 e. The number of aromatic nitrogens is 3. The molecule has 1 aliphatic rings. The lowest BCUT2D eigenvalue weighted by molar-refractivity contribution is 0.195. The topological polar surface area (TPSA) is 82.9 Å². The van der Waals surface area contributed by atoms with Crippen LogP contribution < -0.4 is 5.32 Å². The van der Waals surface area contributed by atoms with Gasteiger partial charge in [0, 0.05) is 24.5 Å². The van der Waals surface area contributed by atoms with Crippen LogP contribution in [0.3, 0.4) is 0 Å². The van der Waals surface area contributed by atoms with Gasteiger partial charge >= 0.3 is 6.09 Å². The fourth-order valence-corrected chi connectivity index (χ4v) is 4.19. The molecule has 5 rings (SSSR count). The molecular weight excluding hydrogens is 388 g/mol. The summed E-state index contributed by atoms with van der Waals surface area (Å²) < 4.78 is 2.23. The number of rotatable bonds is 4. The van der Waals surface area contributed by atoms with Crippen LogP contribution in [0.4, 0.5) is 4.79 Å². The zero-order valence-electron chi connectivity index (χ0n) is 17.7. The van der Waals surface area contributed by atoms with E-state index in [4.69, 9.17) is 5.11 Å². The molecule has 6 nitrogen and oxygen atoms in total. The van der Waals surface area contributed by atoms with Crippen molar-refractivity contribution >= 4 is 17.0 Å². The maximum Gasteiger partial charge on any atom is 0.404 e. The molecule has 0 aliphatic heterocycles. The van der Waals surface area contributed by atoms with Crippen LogP contribution in [0.25, 0.3) is 33.3 Å². The summed E-state index contributed by atoms with van der Waals surface area (Å²) >= 11 is 0. The number of amides is 1. The predicted octanol–water partition coefficient (Wildman–Crippen LogP) is 6.09. The second-order valence-corrected chi connectivity index (χ2v) is 7.79. The fourth-order valence-electron chi connectivity index (χ4n) is 4.19. The summed E-state index contributed by atoms with van der Waals surface area (Å²) in [5, 5.41) is 15.8. The first kappa shape index (κ1) is 20.7. The number of aromatic amines is 1. The molecule has 2 heterocycles. The Hall–Kier alpha value is -3.54. The van der Waals surface area contributed by atoms with E-state index >= 15 is 0 Å². The SMILES string of the molecule is CCNC(=O)O.c1cc(-c2ccc(-c3ccc4cc[nH]c4c3)cc2)n(C2CCCC2)n1. The highest BCUT2D eigenvalue weighted by molar-refractivity contribution is 5.85. The largest absolute Gasteiger partial charge is 0.465 e. The molecule has 1 fully saturated rings. The van der Waals surface area contributed by atoms with Crippen molar-refractivity contribution in [3.8, 4) is 22.4 Å². The Bertz CT molecular complexity index is 1140. The summed E-state index contributed by atoms with van der Waals surface area (Å²) in [5.41, 5.74) is 6.14. The summed E-state index contributed by atoms with van der Waals surface area (Å²) in [6, 6.07) is 20.3. The first-order valence-corrected chi connectivity index (χ1v) is 10.8. The molecule has 1 amide bonds. The van der Waals surface area contributed by atoms with Crippen molar-refractivity contribution in [2.24, 2.45) is 0 Å². The van der Waals surface area contributed by atoms with Crippen LogP contribution in [0.1, 0.15) is 38.6 Å². The molecule has 0 spiro atoms. The van der Waals surface area contributed by atoms with Crippen LogP contribution in [-0.2, 0) is 0 Å². The molecule has 2 aromatic carbocycles. The zero-order valence-corrected chi connectivity index (χ0v) is 17.7. The van der Waals surface area contributed by atoms with Gasteiger partial charge in [0.1, 0.15) is 0 Å². The number of fused-ring (bicyclic) bond motifs is 1. The first-order chi connectivity index (χ1) is 15.2. The number of nitrogens with one attached hydrogen (secondary N) is 2. The lowest BCUT2D eigenvalue weighted by Crippen LogP contribution is -2.19. The molecule has 2 aromatic heterocycles. The Kier molecular flexibility index (Phi) is 6.36. The van der Waals surface area contributed by atoms with Crippen molar-refractivity contribution in [3.63, 3.8) is 0 Å². The van der Waals surface area contributed by atoms with E-state index in [-0.39, 0.29) is 0 Å². The van der Waals surface area contributed by atoms with E-state index in [2.05, 4.69) is 74.7 Å². The Morgan fingerprint density at radius 1 is 1.06 bits per heavy atom. The quantitative estimate of drug-likeness (QED) is 0.376. The number of hydrogen-bond acceptors (Lipinski definition) is 2. The molecule has 0 unspecified atom stereocenters. The van der Waals surface area contributed by atoms with Crippen LogP contribution in [0, 0.1) is 0 Å². The van der Waals surface area contributed by atoms with Crippen LogP contribution in [0.15, 0.2) is 67.0 Å². The van der Waals surface area contributed by atoms with Gasteiger partial charge in [-0.15, -0.1) is 0 Å². The lowest BCUT2D eigenvalue weighted by atomic mass is 10.0. The van der Waals surface area contributed by atoms with Crippen LogP contribution in [-0.4, -0.2) is 32.5 Å². The predicted molar refractivity (Wildman–Crippen MR) is 124 cm³/mol. The third-order valence-corrected chi connectivity index (χ3v) is 5.74. The molecular formula is C25H28N4O2. The fraction of sp³-hybridized carbons (Fsp3) is 0.280. The van der Waals surface area contributed by atoms with Gasteiger partial charge < -0.3 is 15.4 Å². The average Bonchev–Trinajstić information content (AvgIpc) is 3.55. The highest BCUT2D eigenvalue weighted by Gasteiger charge is 2.20. The molecule has 1 saturated carbocycles. The van der Waals surface area contributed by atoms with Gasteiger partial charge in [0.05, 0.1) is 11.7 Å². The molecule has 0 saturated heterocycles. The minimum Gasteiger partial charge on any atom is -0.465 e. The third-order valence-electron chi connectivity index (χ3n) is 5.74. The Labute approximate surface area is 181 Å². The van der Waals surface area contributed by atoms with E-state index < -0.39 is 6.09 Å². The van der Waals surface area contributed by atoms with Crippen molar-refractivity contribution in [1.82, 2.24) is 20.1 Å². The van der Waals surface area contributed by atoms with Crippen LogP contribution in [0.2, 0.25) is 0 Å². The van der Waals surface area contributed by atoms with Gasteiger partial charge in [-0.1, -0.05) is 49.2 Å². The van der Waals surface area contributed by atoms with Crippen molar-refractivity contribution in [2.45, 2.75) is 38.6 Å². The maximum atomic E-state index is 9.49. The highest BCUT2D eigenvalue weighted by Crippen LogP contribution is 2.33. The van der Waals surface area contributed by atoms with Gasteiger partial charge in [0.15, 0.2) is 0 Å². The van der Waals surface area contributed by atoms with Gasteiger partial charge in [-0.05, 0) is 60.0 Å².